The molecule has 8 heteroatoms. The molecule has 0 saturated heterocycles. The summed E-state index contributed by atoms with van der Waals surface area (Å²) >= 11 is 0. The molecule has 1 aromatic carbocycles. The fraction of sp³-hybridized carbons (Fsp3) is 0.500. The van der Waals surface area contributed by atoms with Gasteiger partial charge in [0.2, 0.25) is 11.7 Å². The molecule has 0 N–H and O–H groups in total. The maximum absolute atomic E-state index is 6.08. The Kier molecular flexibility index (Phi) is 4.56. The molecule has 1 saturated carbocycles. The van der Waals surface area contributed by atoms with Gasteiger partial charge in [0.1, 0.15) is 11.9 Å². The lowest BCUT2D eigenvalue weighted by Gasteiger charge is -2.24. The summed E-state index contributed by atoms with van der Waals surface area (Å²) in [6, 6.07) is 7.91. The highest BCUT2D eigenvalue weighted by atomic mass is 16.5. The standard InChI is InChI=1S/C20H23N5O3/c1-26-15-9-7-13(8-10-15)17-11-25-16(12-27-17)18(22-24-25)19-21-20(28-23-19)14-5-3-2-4-6-14/h7-10,14,17H,2-6,11-12H2,1H3/t17-/m1/s1. The van der Waals surface area contributed by atoms with Crippen molar-refractivity contribution < 1.29 is 14.0 Å². The van der Waals surface area contributed by atoms with Crippen LogP contribution in [-0.4, -0.2) is 32.2 Å². The van der Waals surface area contributed by atoms with E-state index in [1.165, 1.54) is 19.3 Å². The average Bonchev–Trinajstić information content (AvgIpc) is 3.41. The Morgan fingerprint density at radius 2 is 1.93 bits per heavy atom. The third-order valence-electron chi connectivity index (χ3n) is 5.69. The lowest BCUT2D eigenvalue weighted by Crippen LogP contribution is -2.22. The first-order valence-electron chi connectivity index (χ1n) is 9.83. The van der Waals surface area contributed by atoms with Gasteiger partial charge < -0.3 is 14.0 Å². The van der Waals surface area contributed by atoms with Gasteiger partial charge in [-0.1, -0.05) is 41.8 Å². The fourth-order valence-corrected chi connectivity index (χ4v) is 4.05. The molecule has 2 aliphatic rings. The molecule has 0 amide bonds. The van der Waals surface area contributed by atoms with Gasteiger partial charge in [-0.2, -0.15) is 4.98 Å². The second-order valence-corrected chi connectivity index (χ2v) is 7.43. The van der Waals surface area contributed by atoms with Crippen LogP contribution in [0.3, 0.4) is 0 Å². The highest BCUT2D eigenvalue weighted by molar-refractivity contribution is 5.51. The number of hydrogen-bond acceptors (Lipinski definition) is 7. The maximum atomic E-state index is 6.08. The molecule has 8 nitrogen and oxygen atoms in total. The van der Waals surface area contributed by atoms with Crippen LogP contribution in [0.15, 0.2) is 28.8 Å². The summed E-state index contributed by atoms with van der Waals surface area (Å²) in [6.45, 7) is 1.01. The van der Waals surface area contributed by atoms with E-state index in [1.807, 2.05) is 28.9 Å². The van der Waals surface area contributed by atoms with Crippen LogP contribution in [0.2, 0.25) is 0 Å². The Morgan fingerprint density at radius 3 is 2.71 bits per heavy atom. The minimum absolute atomic E-state index is 0.0731. The summed E-state index contributed by atoms with van der Waals surface area (Å²) in [5.41, 5.74) is 2.63. The smallest absolute Gasteiger partial charge is 0.230 e. The van der Waals surface area contributed by atoms with E-state index in [0.717, 1.165) is 35.7 Å². The number of fused-ring (bicyclic) bond motifs is 1. The quantitative estimate of drug-likeness (QED) is 0.681. The normalized spacial score (nSPS) is 20.1. The van der Waals surface area contributed by atoms with Crippen molar-refractivity contribution in [2.24, 2.45) is 0 Å². The van der Waals surface area contributed by atoms with E-state index < -0.39 is 0 Å². The number of ether oxygens (including phenoxy) is 2. The predicted octanol–water partition coefficient (Wildman–Crippen LogP) is 3.66. The molecular formula is C20H23N5O3. The second-order valence-electron chi connectivity index (χ2n) is 7.43. The summed E-state index contributed by atoms with van der Waals surface area (Å²) in [5.74, 6) is 2.43. The van der Waals surface area contributed by atoms with Gasteiger partial charge in [-0.25, -0.2) is 4.68 Å². The lowest BCUT2D eigenvalue weighted by atomic mass is 9.89. The highest BCUT2D eigenvalue weighted by Crippen LogP contribution is 2.34. The Balaban J connectivity index is 1.35. The zero-order chi connectivity index (χ0) is 18.9. The van der Waals surface area contributed by atoms with Crippen LogP contribution in [0.1, 0.15) is 61.3 Å². The zero-order valence-corrected chi connectivity index (χ0v) is 15.9. The molecule has 1 aliphatic heterocycles. The van der Waals surface area contributed by atoms with Crippen LogP contribution in [0, 0.1) is 0 Å². The Bertz CT molecular complexity index is 943. The van der Waals surface area contributed by atoms with E-state index in [-0.39, 0.29) is 6.10 Å². The van der Waals surface area contributed by atoms with Crippen LogP contribution < -0.4 is 4.74 Å². The van der Waals surface area contributed by atoms with Crippen molar-refractivity contribution in [3.8, 4) is 17.3 Å². The predicted molar refractivity (Wildman–Crippen MR) is 99.7 cm³/mol. The van der Waals surface area contributed by atoms with Gasteiger partial charge in [-0.05, 0) is 30.5 Å². The number of hydrogen-bond donors (Lipinski definition) is 0. The number of benzene rings is 1. The van der Waals surface area contributed by atoms with Gasteiger partial charge in [0.05, 0.1) is 26.0 Å². The average molecular weight is 381 g/mol. The van der Waals surface area contributed by atoms with E-state index in [2.05, 4.69) is 20.5 Å². The first kappa shape index (κ1) is 17.4. The number of aromatic nitrogens is 5. The SMILES string of the molecule is COc1ccc([C@H]2Cn3nnc(-c4noc(C5CCCCC5)n4)c3CO2)cc1. The summed E-state index contributed by atoms with van der Waals surface area (Å²) < 4.78 is 18.7. The van der Waals surface area contributed by atoms with Gasteiger partial charge in [0, 0.05) is 5.92 Å². The van der Waals surface area contributed by atoms with Gasteiger partial charge in [0.25, 0.3) is 0 Å². The number of rotatable bonds is 4. The molecule has 0 spiro atoms. The van der Waals surface area contributed by atoms with Gasteiger partial charge in [0.15, 0.2) is 5.69 Å². The minimum Gasteiger partial charge on any atom is -0.497 e. The molecule has 146 valence electrons. The van der Waals surface area contributed by atoms with Crippen molar-refractivity contribution in [3.63, 3.8) is 0 Å². The number of methoxy groups -OCH3 is 1. The molecule has 1 atom stereocenters. The monoisotopic (exact) mass is 381 g/mol. The van der Waals surface area contributed by atoms with Crippen molar-refractivity contribution in [2.45, 2.75) is 57.3 Å². The van der Waals surface area contributed by atoms with Crippen molar-refractivity contribution in [2.75, 3.05) is 7.11 Å². The van der Waals surface area contributed by atoms with Gasteiger partial charge in [-0.3, -0.25) is 0 Å². The maximum Gasteiger partial charge on any atom is 0.230 e. The first-order chi connectivity index (χ1) is 13.8. The van der Waals surface area contributed by atoms with Gasteiger partial charge >= 0.3 is 0 Å². The molecule has 5 rings (SSSR count). The van der Waals surface area contributed by atoms with E-state index >= 15 is 0 Å². The molecule has 0 bridgehead atoms. The largest absolute Gasteiger partial charge is 0.497 e. The second kappa shape index (κ2) is 7.35. The Morgan fingerprint density at radius 1 is 1.11 bits per heavy atom. The summed E-state index contributed by atoms with van der Waals surface area (Å²) in [6.07, 6.45) is 5.91. The van der Waals surface area contributed by atoms with Crippen LogP contribution in [-0.2, 0) is 17.9 Å². The van der Waals surface area contributed by atoms with Gasteiger partial charge in [-0.15, -0.1) is 5.10 Å². The van der Waals surface area contributed by atoms with Crippen molar-refractivity contribution in [3.05, 3.63) is 41.4 Å². The molecular weight excluding hydrogens is 358 g/mol. The number of nitrogens with zero attached hydrogens (tertiary/aromatic N) is 5. The van der Waals surface area contributed by atoms with Crippen molar-refractivity contribution in [1.82, 2.24) is 25.1 Å². The van der Waals surface area contributed by atoms with Crippen LogP contribution in [0.25, 0.3) is 11.5 Å². The first-order valence-corrected chi connectivity index (χ1v) is 9.83. The molecule has 1 aliphatic carbocycles. The Labute approximate surface area is 162 Å². The van der Waals surface area contributed by atoms with E-state index in [4.69, 9.17) is 14.0 Å². The Hall–Kier alpha value is -2.74. The van der Waals surface area contributed by atoms with E-state index in [1.54, 1.807) is 7.11 Å². The molecule has 28 heavy (non-hydrogen) atoms. The summed E-state index contributed by atoms with van der Waals surface area (Å²) in [7, 11) is 1.66. The molecule has 0 radical (unpaired) electrons. The molecule has 3 aromatic rings. The van der Waals surface area contributed by atoms with E-state index in [9.17, 15) is 0 Å². The zero-order valence-electron chi connectivity index (χ0n) is 15.9. The molecule has 1 fully saturated rings. The highest BCUT2D eigenvalue weighted by Gasteiger charge is 2.29. The van der Waals surface area contributed by atoms with Crippen molar-refractivity contribution in [1.29, 1.82) is 0 Å². The van der Waals surface area contributed by atoms with Crippen LogP contribution in [0.5, 0.6) is 5.75 Å². The van der Waals surface area contributed by atoms with Crippen molar-refractivity contribution >= 4 is 0 Å². The molecule has 3 heterocycles. The fourth-order valence-electron chi connectivity index (χ4n) is 4.05. The topological polar surface area (TPSA) is 88.1 Å². The third-order valence-corrected chi connectivity index (χ3v) is 5.69. The third kappa shape index (κ3) is 3.17. The minimum atomic E-state index is -0.0731. The lowest BCUT2D eigenvalue weighted by molar-refractivity contribution is -0.00114. The summed E-state index contributed by atoms with van der Waals surface area (Å²) in [4.78, 5) is 4.62. The van der Waals surface area contributed by atoms with Crippen LogP contribution >= 0.6 is 0 Å². The summed E-state index contributed by atoms with van der Waals surface area (Å²) in [5, 5.41) is 12.8. The molecule has 0 unspecified atom stereocenters. The molecule has 2 aromatic heterocycles. The van der Waals surface area contributed by atoms with E-state index in [0.29, 0.717) is 30.6 Å². The van der Waals surface area contributed by atoms with Crippen LogP contribution in [0.4, 0.5) is 0 Å².